The highest BCUT2D eigenvalue weighted by molar-refractivity contribution is 6.22. The molecule has 0 radical (unpaired) electrons. The van der Waals surface area contributed by atoms with Crippen LogP contribution in [0.5, 0.6) is 0 Å². The topological polar surface area (TPSA) is 45.1 Å². The maximum atomic E-state index is 10.2. The molecule has 0 amide bonds. The number of para-hydroxylation sites is 4. The predicted octanol–water partition coefficient (Wildman–Crippen LogP) is 11.1. The lowest BCUT2D eigenvalue weighted by molar-refractivity contribution is 0.549. The number of anilines is 2. The van der Waals surface area contributed by atoms with Gasteiger partial charge in [-0.05, 0) is 60.9 Å². The van der Waals surface area contributed by atoms with Gasteiger partial charge in [-0.3, -0.25) is 0 Å². The van der Waals surface area contributed by atoms with Crippen LogP contribution in [0.2, 0.25) is 0 Å². The highest BCUT2D eigenvalue weighted by Crippen LogP contribution is 2.54. The second kappa shape index (κ2) is 9.97. The van der Waals surface area contributed by atoms with Crippen molar-refractivity contribution in [3.8, 4) is 6.07 Å². The molecule has 5 aromatic carbocycles. The number of aromatic nitrogens is 1. The van der Waals surface area contributed by atoms with Crippen molar-refractivity contribution in [1.82, 2.24) is 4.57 Å². The van der Waals surface area contributed by atoms with Crippen LogP contribution in [-0.2, 0) is 5.41 Å². The highest BCUT2D eigenvalue weighted by Gasteiger charge is 2.47. The Hall–Kier alpha value is -6.05. The predicted molar refractivity (Wildman–Crippen MR) is 196 cm³/mol. The average molecular weight is 618 g/mol. The molecule has 3 aliphatic rings. The summed E-state index contributed by atoms with van der Waals surface area (Å²) in [7, 11) is 0. The van der Waals surface area contributed by atoms with Crippen molar-refractivity contribution < 1.29 is 4.42 Å². The van der Waals surface area contributed by atoms with Gasteiger partial charge in [0.2, 0.25) is 0 Å². The van der Waals surface area contributed by atoms with Crippen molar-refractivity contribution in [1.29, 1.82) is 5.26 Å². The fraction of sp³-hybridized carbons (Fsp3) is 0.114. The number of allylic oxidation sites excluding steroid dienone is 6. The lowest BCUT2D eigenvalue weighted by atomic mass is 9.76. The van der Waals surface area contributed by atoms with Gasteiger partial charge in [-0.15, -0.1) is 0 Å². The van der Waals surface area contributed by atoms with Gasteiger partial charge in [-0.2, -0.15) is 5.26 Å². The molecule has 3 atom stereocenters. The smallest absolute Gasteiger partial charge is 0.160 e. The zero-order chi connectivity index (χ0) is 32.0. The molecule has 2 aliphatic carbocycles. The Morgan fingerprint density at radius 3 is 2.42 bits per heavy atom. The van der Waals surface area contributed by atoms with Crippen LogP contribution in [-0.4, -0.2) is 10.6 Å². The van der Waals surface area contributed by atoms with Crippen LogP contribution in [0, 0.1) is 11.3 Å². The molecule has 10 rings (SSSR count). The minimum Gasteiger partial charge on any atom is -0.454 e. The van der Waals surface area contributed by atoms with E-state index in [1.165, 1.54) is 27.9 Å². The van der Waals surface area contributed by atoms with Crippen LogP contribution < -0.4 is 4.90 Å². The number of nitriles is 1. The van der Waals surface area contributed by atoms with E-state index in [0.29, 0.717) is 12.0 Å². The molecule has 3 heterocycles. The van der Waals surface area contributed by atoms with Gasteiger partial charge in [0.15, 0.2) is 5.58 Å². The molecule has 3 unspecified atom stereocenters. The van der Waals surface area contributed by atoms with Crippen LogP contribution in [0.3, 0.4) is 0 Å². The van der Waals surface area contributed by atoms with E-state index in [1.54, 1.807) is 0 Å². The zero-order valence-corrected chi connectivity index (χ0v) is 26.5. The Labute approximate surface area is 278 Å². The highest BCUT2D eigenvalue weighted by atomic mass is 16.3. The Balaban J connectivity index is 1.25. The molecule has 0 N–H and O–H groups in total. The number of benzene rings is 5. The van der Waals surface area contributed by atoms with Gasteiger partial charge in [-0.1, -0.05) is 109 Å². The van der Waals surface area contributed by atoms with Crippen LogP contribution in [0.25, 0.3) is 49.4 Å². The summed E-state index contributed by atoms with van der Waals surface area (Å²) >= 11 is 0. The van der Waals surface area contributed by atoms with Crippen molar-refractivity contribution in [3.05, 3.63) is 162 Å². The third kappa shape index (κ3) is 3.59. The first-order chi connectivity index (χ1) is 23.7. The normalized spacial score (nSPS) is 21.5. The van der Waals surface area contributed by atoms with E-state index in [1.807, 2.05) is 12.1 Å². The molecular formula is C44H31N3O. The molecule has 0 saturated carbocycles. The standard InChI is InChI=1S/C44H31N3O/c1-44-25-11-10-20-41(44)46(38-18-8-5-15-35(38)44)36-16-6-2-12-29(36)31-22-21-28(27-45)26-39(31)47-37-17-7-3-13-30(37)33-23-24-34-32-14-4-9-19-40(32)48-43(34)42(33)47/h2-21,23-26,31,41H,22H2,1H3. The lowest BCUT2D eigenvalue weighted by Crippen LogP contribution is -2.39. The van der Waals surface area contributed by atoms with Gasteiger partial charge in [0.05, 0.1) is 23.1 Å². The van der Waals surface area contributed by atoms with Crippen molar-refractivity contribution in [2.24, 2.45) is 0 Å². The summed E-state index contributed by atoms with van der Waals surface area (Å²) in [5, 5.41) is 14.7. The minimum atomic E-state index is -0.142. The van der Waals surface area contributed by atoms with E-state index in [9.17, 15) is 5.26 Å². The molecule has 1 aliphatic heterocycles. The van der Waals surface area contributed by atoms with Gasteiger partial charge in [-0.25, -0.2) is 0 Å². The molecule has 48 heavy (non-hydrogen) atoms. The van der Waals surface area contributed by atoms with Crippen LogP contribution in [0.4, 0.5) is 11.4 Å². The van der Waals surface area contributed by atoms with Crippen LogP contribution in [0.15, 0.2) is 156 Å². The van der Waals surface area contributed by atoms with E-state index < -0.39 is 0 Å². The first-order valence-corrected chi connectivity index (χ1v) is 16.6. The van der Waals surface area contributed by atoms with E-state index in [4.69, 9.17) is 4.42 Å². The molecule has 0 spiro atoms. The van der Waals surface area contributed by atoms with E-state index in [2.05, 4.69) is 156 Å². The first-order valence-electron chi connectivity index (χ1n) is 16.6. The number of fused-ring (bicyclic) bond motifs is 10. The second-order valence-corrected chi connectivity index (χ2v) is 13.3. The van der Waals surface area contributed by atoms with E-state index in [0.717, 1.165) is 44.1 Å². The fourth-order valence-electron chi connectivity index (χ4n) is 8.66. The maximum Gasteiger partial charge on any atom is 0.160 e. The van der Waals surface area contributed by atoms with Gasteiger partial charge >= 0.3 is 0 Å². The van der Waals surface area contributed by atoms with Crippen molar-refractivity contribution in [2.45, 2.75) is 30.7 Å². The summed E-state index contributed by atoms with van der Waals surface area (Å²) in [4.78, 5) is 2.54. The lowest BCUT2D eigenvalue weighted by Gasteiger charge is -2.37. The molecule has 228 valence electrons. The summed E-state index contributed by atoms with van der Waals surface area (Å²) < 4.78 is 9.07. The molecular weight excluding hydrogens is 587 g/mol. The SMILES string of the molecule is CC12C=CC=CC1N(c1ccccc1C1CC=C(C#N)C=C1n1c3ccccc3c3ccc4c5ccccc5oc4c31)c1ccccc12. The molecule has 7 aromatic rings. The molecule has 0 fully saturated rings. The van der Waals surface area contributed by atoms with Crippen LogP contribution >= 0.6 is 0 Å². The fourth-order valence-corrected chi connectivity index (χ4v) is 8.66. The number of hydrogen-bond acceptors (Lipinski definition) is 3. The summed E-state index contributed by atoms with van der Waals surface area (Å²) in [5.41, 5.74) is 10.5. The summed E-state index contributed by atoms with van der Waals surface area (Å²) in [6.45, 7) is 2.35. The first kappa shape index (κ1) is 27.1. The maximum absolute atomic E-state index is 10.2. The molecule has 4 nitrogen and oxygen atoms in total. The minimum absolute atomic E-state index is 0.0147. The Morgan fingerprint density at radius 2 is 1.52 bits per heavy atom. The second-order valence-electron chi connectivity index (χ2n) is 13.3. The van der Waals surface area contributed by atoms with Gasteiger partial charge < -0.3 is 13.9 Å². The van der Waals surface area contributed by atoms with Crippen LogP contribution in [0.1, 0.15) is 30.4 Å². The Kier molecular flexibility index (Phi) is 5.63. The Morgan fingerprint density at radius 1 is 0.771 bits per heavy atom. The third-order valence-corrected chi connectivity index (χ3v) is 10.9. The average Bonchev–Trinajstić information content (AvgIpc) is 3.77. The quantitative estimate of drug-likeness (QED) is 0.198. The van der Waals surface area contributed by atoms with Crippen molar-refractivity contribution in [3.63, 3.8) is 0 Å². The van der Waals surface area contributed by atoms with E-state index in [-0.39, 0.29) is 17.4 Å². The molecule has 0 saturated heterocycles. The molecule has 2 aromatic heterocycles. The number of nitrogens with zero attached hydrogens (tertiary/aromatic N) is 3. The van der Waals surface area contributed by atoms with Crippen molar-refractivity contribution in [2.75, 3.05) is 4.90 Å². The third-order valence-electron chi connectivity index (χ3n) is 10.9. The number of furan rings is 1. The zero-order valence-electron chi connectivity index (χ0n) is 26.5. The monoisotopic (exact) mass is 617 g/mol. The Bertz CT molecular complexity index is 2660. The molecule has 4 heteroatoms. The van der Waals surface area contributed by atoms with Crippen molar-refractivity contribution >= 4 is 60.8 Å². The summed E-state index contributed by atoms with van der Waals surface area (Å²) in [5.74, 6) is -0.0147. The van der Waals surface area contributed by atoms with E-state index >= 15 is 0 Å². The summed E-state index contributed by atoms with van der Waals surface area (Å²) in [6, 6.07) is 41.6. The van der Waals surface area contributed by atoms with Gasteiger partial charge in [0, 0.05) is 55.5 Å². The number of rotatable bonds is 3. The number of hydrogen-bond donors (Lipinski definition) is 0. The molecule has 0 bridgehead atoms. The summed E-state index contributed by atoms with van der Waals surface area (Å²) in [6.07, 6.45) is 14.0. The van der Waals surface area contributed by atoms with Gasteiger partial charge in [0.25, 0.3) is 0 Å². The largest absolute Gasteiger partial charge is 0.454 e. The van der Waals surface area contributed by atoms with Gasteiger partial charge in [0.1, 0.15) is 5.58 Å².